The van der Waals surface area contributed by atoms with Crippen LogP contribution in [-0.4, -0.2) is 22.8 Å². The molecule has 0 atom stereocenters. The topological polar surface area (TPSA) is 66.8 Å². The Labute approximate surface area is 101 Å². The van der Waals surface area contributed by atoms with Gasteiger partial charge in [0.2, 0.25) is 0 Å². The predicted molar refractivity (Wildman–Crippen MR) is 64.2 cm³/mol. The lowest BCUT2D eigenvalue weighted by molar-refractivity contribution is 0.0494. The van der Waals surface area contributed by atoms with E-state index in [9.17, 15) is 15.0 Å². The van der Waals surface area contributed by atoms with Crippen LogP contribution in [0.2, 0.25) is 0 Å². The molecular weight excluding hydrogens is 220 g/mol. The van der Waals surface area contributed by atoms with Gasteiger partial charge in [0.1, 0.15) is 17.1 Å². The quantitative estimate of drug-likeness (QED) is 0.454. The number of aromatic hydroxyl groups is 2. The molecule has 0 heterocycles. The predicted octanol–water partition coefficient (Wildman–Crippen LogP) is 2.83. The summed E-state index contributed by atoms with van der Waals surface area (Å²) < 4.78 is 5.00. The third-order valence-corrected chi connectivity index (χ3v) is 2.43. The van der Waals surface area contributed by atoms with Crippen molar-refractivity contribution in [3.8, 4) is 11.5 Å². The van der Waals surface area contributed by atoms with Crippen molar-refractivity contribution in [2.24, 2.45) is 0 Å². The molecular formula is C13H18O4. The van der Waals surface area contributed by atoms with Gasteiger partial charge in [0.05, 0.1) is 6.61 Å². The highest BCUT2D eigenvalue weighted by Gasteiger charge is 2.13. The Morgan fingerprint density at radius 1 is 1.24 bits per heavy atom. The number of phenolic OH excluding ortho intramolecular Hbond substituents is 2. The molecule has 0 amide bonds. The summed E-state index contributed by atoms with van der Waals surface area (Å²) in [7, 11) is 0. The van der Waals surface area contributed by atoms with Gasteiger partial charge >= 0.3 is 5.97 Å². The summed E-state index contributed by atoms with van der Waals surface area (Å²) in [5.41, 5.74) is 0.000455. The Morgan fingerprint density at radius 3 is 2.71 bits per heavy atom. The maximum absolute atomic E-state index is 11.6. The molecule has 0 aliphatic rings. The molecule has 4 heteroatoms. The molecule has 4 nitrogen and oxygen atoms in total. The fraction of sp³-hybridized carbons (Fsp3) is 0.462. The molecule has 0 aliphatic heterocycles. The number of hydrogen-bond acceptors (Lipinski definition) is 4. The Bertz CT molecular complexity index is 374. The number of hydrogen-bond donors (Lipinski definition) is 2. The van der Waals surface area contributed by atoms with Gasteiger partial charge in [-0.15, -0.1) is 0 Å². The molecule has 0 unspecified atom stereocenters. The molecule has 0 radical (unpaired) electrons. The van der Waals surface area contributed by atoms with E-state index in [1.807, 2.05) is 0 Å². The molecule has 94 valence electrons. The standard InChI is InChI=1S/C13H18O4/c1-2-3-4-5-8-17-13(16)11-9-10(14)6-7-12(11)15/h6-7,9,14-15H,2-5,8H2,1H3. The molecule has 0 spiro atoms. The fourth-order valence-corrected chi connectivity index (χ4v) is 1.46. The molecule has 2 N–H and O–H groups in total. The number of unbranched alkanes of at least 4 members (excludes halogenated alkanes) is 3. The van der Waals surface area contributed by atoms with E-state index < -0.39 is 5.97 Å². The summed E-state index contributed by atoms with van der Waals surface area (Å²) in [5, 5.41) is 18.6. The summed E-state index contributed by atoms with van der Waals surface area (Å²) in [6, 6.07) is 3.78. The van der Waals surface area contributed by atoms with E-state index >= 15 is 0 Å². The summed E-state index contributed by atoms with van der Waals surface area (Å²) in [5.74, 6) is -0.850. The maximum atomic E-state index is 11.6. The second-order valence-corrected chi connectivity index (χ2v) is 3.90. The molecule has 0 aliphatic carbocycles. The van der Waals surface area contributed by atoms with Gasteiger partial charge < -0.3 is 14.9 Å². The normalized spacial score (nSPS) is 10.2. The SMILES string of the molecule is CCCCCCOC(=O)c1cc(O)ccc1O. The van der Waals surface area contributed by atoms with E-state index in [4.69, 9.17) is 4.74 Å². The summed E-state index contributed by atoms with van der Waals surface area (Å²) in [6.45, 7) is 2.45. The van der Waals surface area contributed by atoms with Gasteiger partial charge in [-0.25, -0.2) is 4.79 Å². The first-order chi connectivity index (χ1) is 8.15. The minimum absolute atomic E-state index is 0.000455. The average molecular weight is 238 g/mol. The molecule has 17 heavy (non-hydrogen) atoms. The van der Waals surface area contributed by atoms with Gasteiger partial charge in [0.15, 0.2) is 0 Å². The number of carbonyl (C=O) groups excluding carboxylic acids is 1. The highest BCUT2D eigenvalue weighted by molar-refractivity contribution is 5.92. The van der Waals surface area contributed by atoms with Crippen LogP contribution in [0.15, 0.2) is 18.2 Å². The van der Waals surface area contributed by atoms with Crippen molar-refractivity contribution in [1.82, 2.24) is 0 Å². The van der Waals surface area contributed by atoms with Gasteiger partial charge in [-0.2, -0.15) is 0 Å². The lowest BCUT2D eigenvalue weighted by Crippen LogP contribution is -2.06. The van der Waals surface area contributed by atoms with Crippen LogP contribution < -0.4 is 0 Å². The van der Waals surface area contributed by atoms with Crippen molar-refractivity contribution in [3.63, 3.8) is 0 Å². The Hall–Kier alpha value is -1.71. The summed E-state index contributed by atoms with van der Waals surface area (Å²) in [4.78, 5) is 11.6. The molecule has 1 aromatic rings. The Morgan fingerprint density at radius 2 is 2.00 bits per heavy atom. The zero-order valence-electron chi connectivity index (χ0n) is 9.98. The number of rotatable bonds is 6. The largest absolute Gasteiger partial charge is 0.508 e. The molecule has 0 saturated carbocycles. The van der Waals surface area contributed by atoms with E-state index in [-0.39, 0.29) is 17.1 Å². The van der Waals surface area contributed by atoms with E-state index in [0.29, 0.717) is 6.61 Å². The van der Waals surface area contributed by atoms with Crippen LogP contribution in [0.5, 0.6) is 11.5 Å². The lowest BCUT2D eigenvalue weighted by atomic mass is 10.2. The van der Waals surface area contributed by atoms with Crippen molar-refractivity contribution < 1.29 is 19.7 Å². The second kappa shape index (κ2) is 6.78. The summed E-state index contributed by atoms with van der Waals surface area (Å²) >= 11 is 0. The maximum Gasteiger partial charge on any atom is 0.342 e. The van der Waals surface area contributed by atoms with E-state index in [1.54, 1.807) is 0 Å². The van der Waals surface area contributed by atoms with Gasteiger partial charge in [-0.3, -0.25) is 0 Å². The smallest absolute Gasteiger partial charge is 0.342 e. The van der Waals surface area contributed by atoms with E-state index in [1.165, 1.54) is 18.2 Å². The van der Waals surface area contributed by atoms with Crippen LogP contribution in [0.25, 0.3) is 0 Å². The number of phenols is 2. The lowest BCUT2D eigenvalue weighted by Gasteiger charge is -2.06. The highest BCUT2D eigenvalue weighted by Crippen LogP contribution is 2.22. The first-order valence-corrected chi connectivity index (χ1v) is 5.84. The molecule has 1 aromatic carbocycles. The van der Waals surface area contributed by atoms with Crippen LogP contribution in [0.4, 0.5) is 0 Å². The van der Waals surface area contributed by atoms with Crippen molar-refractivity contribution >= 4 is 5.97 Å². The molecule has 0 aromatic heterocycles. The van der Waals surface area contributed by atoms with Crippen molar-refractivity contribution in [3.05, 3.63) is 23.8 Å². The third kappa shape index (κ3) is 4.34. The minimum Gasteiger partial charge on any atom is -0.508 e. The first kappa shape index (κ1) is 13.4. The molecule has 1 rings (SSSR count). The number of ether oxygens (including phenoxy) is 1. The fourth-order valence-electron chi connectivity index (χ4n) is 1.46. The minimum atomic E-state index is -0.602. The number of carbonyl (C=O) groups is 1. The van der Waals surface area contributed by atoms with E-state index in [0.717, 1.165) is 25.7 Å². The summed E-state index contributed by atoms with van der Waals surface area (Å²) in [6.07, 6.45) is 4.09. The Balaban J connectivity index is 2.44. The third-order valence-electron chi connectivity index (χ3n) is 2.43. The Kier molecular flexibility index (Phi) is 5.33. The van der Waals surface area contributed by atoms with Crippen LogP contribution >= 0.6 is 0 Å². The highest BCUT2D eigenvalue weighted by atomic mass is 16.5. The van der Waals surface area contributed by atoms with E-state index in [2.05, 4.69) is 6.92 Å². The monoisotopic (exact) mass is 238 g/mol. The zero-order valence-corrected chi connectivity index (χ0v) is 9.98. The number of esters is 1. The molecule has 0 bridgehead atoms. The van der Waals surface area contributed by atoms with Gasteiger partial charge in [0, 0.05) is 0 Å². The van der Waals surface area contributed by atoms with Crippen LogP contribution in [0, 0.1) is 0 Å². The van der Waals surface area contributed by atoms with Crippen LogP contribution in [0.3, 0.4) is 0 Å². The van der Waals surface area contributed by atoms with Gasteiger partial charge in [0.25, 0.3) is 0 Å². The molecule has 0 saturated heterocycles. The second-order valence-electron chi connectivity index (χ2n) is 3.90. The van der Waals surface area contributed by atoms with Crippen molar-refractivity contribution in [2.45, 2.75) is 32.6 Å². The molecule has 0 fully saturated rings. The zero-order chi connectivity index (χ0) is 12.7. The first-order valence-electron chi connectivity index (χ1n) is 5.84. The average Bonchev–Trinajstić information content (AvgIpc) is 2.32. The van der Waals surface area contributed by atoms with Crippen molar-refractivity contribution in [2.75, 3.05) is 6.61 Å². The van der Waals surface area contributed by atoms with Crippen LogP contribution in [-0.2, 0) is 4.74 Å². The van der Waals surface area contributed by atoms with Gasteiger partial charge in [-0.05, 0) is 24.6 Å². The van der Waals surface area contributed by atoms with Crippen LogP contribution in [0.1, 0.15) is 43.0 Å². The van der Waals surface area contributed by atoms with Crippen molar-refractivity contribution in [1.29, 1.82) is 0 Å². The van der Waals surface area contributed by atoms with Gasteiger partial charge in [-0.1, -0.05) is 26.2 Å². The number of benzene rings is 1.